The van der Waals surface area contributed by atoms with Crippen LogP contribution < -0.4 is 10.5 Å². The Hall–Kier alpha value is -1.55. The normalized spacial score (nSPS) is 19.8. The summed E-state index contributed by atoms with van der Waals surface area (Å²) >= 11 is 0. The van der Waals surface area contributed by atoms with Crippen molar-refractivity contribution in [1.82, 2.24) is 4.90 Å². The predicted octanol–water partition coefficient (Wildman–Crippen LogP) is 2.75. The molecule has 0 bridgehead atoms. The molecule has 1 amide bonds. The van der Waals surface area contributed by atoms with Crippen molar-refractivity contribution in [3.8, 4) is 5.75 Å². The summed E-state index contributed by atoms with van der Waals surface area (Å²) in [6.07, 6.45) is 5.74. The topological polar surface area (TPSA) is 55.6 Å². The summed E-state index contributed by atoms with van der Waals surface area (Å²) in [7, 11) is 1.67. The molecule has 1 aliphatic heterocycles. The molecule has 1 fully saturated rings. The van der Waals surface area contributed by atoms with Gasteiger partial charge in [0, 0.05) is 25.0 Å². The van der Waals surface area contributed by atoms with Crippen LogP contribution in [0.4, 0.5) is 0 Å². The van der Waals surface area contributed by atoms with E-state index in [1.54, 1.807) is 7.11 Å². The second-order valence-corrected chi connectivity index (χ2v) is 6.21. The third-order valence-corrected chi connectivity index (χ3v) is 4.49. The Morgan fingerprint density at radius 1 is 1.36 bits per heavy atom. The molecule has 2 rings (SSSR count). The van der Waals surface area contributed by atoms with Crippen LogP contribution in [0.1, 0.15) is 44.6 Å². The van der Waals surface area contributed by atoms with Gasteiger partial charge in [-0.2, -0.15) is 0 Å². The van der Waals surface area contributed by atoms with Crippen LogP contribution in [0.2, 0.25) is 0 Å². The number of carbonyl (C=O) groups is 1. The molecule has 4 nitrogen and oxygen atoms in total. The molecule has 122 valence electrons. The lowest BCUT2D eigenvalue weighted by Gasteiger charge is -2.38. The monoisotopic (exact) mass is 304 g/mol. The first-order chi connectivity index (χ1) is 10.6. The summed E-state index contributed by atoms with van der Waals surface area (Å²) in [6, 6.07) is 8.35. The zero-order valence-electron chi connectivity index (χ0n) is 13.8. The van der Waals surface area contributed by atoms with Gasteiger partial charge < -0.3 is 15.4 Å². The maximum atomic E-state index is 12.5. The van der Waals surface area contributed by atoms with Gasteiger partial charge in [-0.05, 0) is 56.7 Å². The van der Waals surface area contributed by atoms with Gasteiger partial charge in [-0.25, -0.2) is 0 Å². The van der Waals surface area contributed by atoms with Crippen LogP contribution in [0.15, 0.2) is 24.3 Å². The number of rotatable bonds is 6. The third kappa shape index (κ3) is 4.47. The van der Waals surface area contributed by atoms with E-state index in [1.807, 2.05) is 24.0 Å². The Labute approximate surface area is 133 Å². The second kappa shape index (κ2) is 8.18. The maximum Gasteiger partial charge on any atom is 0.222 e. The molecule has 22 heavy (non-hydrogen) atoms. The van der Waals surface area contributed by atoms with Crippen LogP contribution >= 0.6 is 0 Å². The molecule has 1 saturated heterocycles. The van der Waals surface area contributed by atoms with Crippen molar-refractivity contribution in [1.29, 1.82) is 0 Å². The van der Waals surface area contributed by atoms with Crippen molar-refractivity contribution in [3.63, 3.8) is 0 Å². The molecule has 1 aromatic carbocycles. The molecule has 2 N–H and O–H groups in total. The van der Waals surface area contributed by atoms with E-state index in [0.29, 0.717) is 6.42 Å². The molecular weight excluding hydrogens is 276 g/mol. The molecule has 4 heteroatoms. The number of piperidine rings is 1. The largest absolute Gasteiger partial charge is 0.497 e. The zero-order chi connectivity index (χ0) is 15.9. The summed E-state index contributed by atoms with van der Waals surface area (Å²) in [5.41, 5.74) is 7.28. The maximum absolute atomic E-state index is 12.5. The predicted molar refractivity (Wildman–Crippen MR) is 88.9 cm³/mol. The van der Waals surface area contributed by atoms with Gasteiger partial charge >= 0.3 is 0 Å². The average Bonchev–Trinajstić information content (AvgIpc) is 2.55. The minimum absolute atomic E-state index is 0.0610. The number of likely N-dealkylation sites (tertiary alicyclic amines) is 1. The number of methoxy groups -OCH3 is 1. The van der Waals surface area contributed by atoms with Crippen molar-refractivity contribution in [2.75, 3.05) is 13.7 Å². The van der Waals surface area contributed by atoms with Gasteiger partial charge in [0.1, 0.15) is 5.75 Å². The number of hydrogen-bond acceptors (Lipinski definition) is 3. The van der Waals surface area contributed by atoms with Gasteiger partial charge in [-0.15, -0.1) is 0 Å². The Kier molecular flexibility index (Phi) is 6.25. The first kappa shape index (κ1) is 16.8. The molecular formula is C18H28N2O2. The van der Waals surface area contributed by atoms with Gasteiger partial charge in [-0.1, -0.05) is 12.1 Å². The van der Waals surface area contributed by atoms with Crippen molar-refractivity contribution < 1.29 is 9.53 Å². The van der Waals surface area contributed by atoms with Crippen LogP contribution in [0.25, 0.3) is 0 Å². The number of ether oxygens (including phenoxy) is 1. The Balaban J connectivity index is 1.81. The molecule has 0 spiro atoms. The number of nitrogens with zero attached hydrogens (tertiary/aromatic N) is 1. The number of hydrogen-bond donors (Lipinski definition) is 1. The second-order valence-electron chi connectivity index (χ2n) is 6.21. The highest BCUT2D eigenvalue weighted by molar-refractivity contribution is 5.76. The van der Waals surface area contributed by atoms with E-state index >= 15 is 0 Å². The summed E-state index contributed by atoms with van der Waals surface area (Å²) < 4.78 is 5.15. The summed E-state index contributed by atoms with van der Waals surface area (Å²) in [6.45, 7) is 2.88. The van der Waals surface area contributed by atoms with Crippen molar-refractivity contribution in [2.24, 2.45) is 5.73 Å². The fraction of sp³-hybridized carbons (Fsp3) is 0.611. The van der Waals surface area contributed by atoms with Gasteiger partial charge in [0.2, 0.25) is 5.91 Å². The van der Waals surface area contributed by atoms with Crippen molar-refractivity contribution >= 4 is 5.91 Å². The van der Waals surface area contributed by atoms with E-state index in [1.165, 1.54) is 12.0 Å². The lowest BCUT2D eigenvalue weighted by Crippen LogP contribution is -2.51. The highest BCUT2D eigenvalue weighted by Crippen LogP contribution is 2.21. The van der Waals surface area contributed by atoms with E-state index in [2.05, 4.69) is 12.1 Å². The first-order valence-corrected chi connectivity index (χ1v) is 8.30. The van der Waals surface area contributed by atoms with E-state index in [9.17, 15) is 4.79 Å². The van der Waals surface area contributed by atoms with Crippen LogP contribution in [0, 0.1) is 0 Å². The van der Waals surface area contributed by atoms with Gasteiger partial charge in [0.25, 0.3) is 0 Å². The fourth-order valence-corrected chi connectivity index (χ4v) is 3.19. The van der Waals surface area contributed by atoms with Crippen LogP contribution in [-0.4, -0.2) is 36.5 Å². The van der Waals surface area contributed by atoms with Crippen LogP contribution in [0.5, 0.6) is 5.75 Å². The number of nitrogens with two attached hydrogens (primary N) is 1. The van der Waals surface area contributed by atoms with E-state index in [4.69, 9.17) is 10.5 Å². The summed E-state index contributed by atoms with van der Waals surface area (Å²) in [4.78, 5) is 14.5. The molecule has 0 radical (unpaired) electrons. The van der Waals surface area contributed by atoms with Gasteiger partial charge in [0.05, 0.1) is 7.11 Å². The lowest BCUT2D eigenvalue weighted by atomic mass is 9.96. The Morgan fingerprint density at radius 2 is 2.09 bits per heavy atom. The third-order valence-electron chi connectivity index (χ3n) is 4.49. The molecule has 2 unspecified atom stereocenters. The summed E-state index contributed by atoms with van der Waals surface area (Å²) in [5.74, 6) is 1.13. The number of aryl methyl sites for hydroxylation is 1. The highest BCUT2D eigenvalue weighted by atomic mass is 16.5. The number of carbonyl (C=O) groups excluding carboxylic acids is 1. The van der Waals surface area contributed by atoms with Gasteiger partial charge in [0.15, 0.2) is 0 Å². The first-order valence-electron chi connectivity index (χ1n) is 8.30. The highest BCUT2D eigenvalue weighted by Gasteiger charge is 2.28. The number of benzene rings is 1. The Bertz CT molecular complexity index is 470. The minimum Gasteiger partial charge on any atom is -0.497 e. The summed E-state index contributed by atoms with van der Waals surface area (Å²) in [5, 5.41) is 0. The SMILES string of the molecule is COc1ccc(CCCC(=O)N2CCCCC2C(C)N)cc1. The van der Waals surface area contributed by atoms with E-state index in [-0.39, 0.29) is 18.0 Å². The smallest absolute Gasteiger partial charge is 0.222 e. The lowest BCUT2D eigenvalue weighted by molar-refractivity contribution is -0.135. The molecule has 1 heterocycles. The minimum atomic E-state index is 0.0610. The standard InChI is InChI=1S/C18H28N2O2/c1-14(19)17-7-3-4-13-20(17)18(21)8-5-6-15-9-11-16(22-2)12-10-15/h9-12,14,17H,3-8,13,19H2,1-2H3. The Morgan fingerprint density at radius 3 is 2.73 bits per heavy atom. The van der Waals surface area contributed by atoms with Gasteiger partial charge in [-0.3, -0.25) is 4.79 Å². The van der Waals surface area contributed by atoms with E-state index < -0.39 is 0 Å². The molecule has 0 saturated carbocycles. The van der Waals surface area contributed by atoms with Crippen molar-refractivity contribution in [3.05, 3.63) is 29.8 Å². The molecule has 1 aromatic rings. The molecule has 0 aliphatic carbocycles. The fourth-order valence-electron chi connectivity index (χ4n) is 3.19. The molecule has 1 aliphatic rings. The zero-order valence-corrected chi connectivity index (χ0v) is 13.8. The van der Waals surface area contributed by atoms with Crippen LogP contribution in [-0.2, 0) is 11.2 Å². The van der Waals surface area contributed by atoms with Crippen LogP contribution in [0.3, 0.4) is 0 Å². The number of amides is 1. The van der Waals surface area contributed by atoms with Crippen molar-refractivity contribution in [2.45, 2.75) is 57.5 Å². The molecule has 0 aromatic heterocycles. The molecule has 2 atom stereocenters. The average molecular weight is 304 g/mol. The quantitative estimate of drug-likeness (QED) is 0.879. The van der Waals surface area contributed by atoms with E-state index in [0.717, 1.165) is 38.0 Å².